The van der Waals surface area contributed by atoms with Crippen LogP contribution in [0, 0.1) is 2.44 Å². The van der Waals surface area contributed by atoms with Crippen LogP contribution in [0.15, 0.2) is 52.7 Å². The van der Waals surface area contributed by atoms with Gasteiger partial charge in [0.2, 0.25) is 0 Å². The zero-order chi connectivity index (χ0) is 20.2. The van der Waals surface area contributed by atoms with E-state index in [0.717, 1.165) is 22.2 Å². The van der Waals surface area contributed by atoms with Gasteiger partial charge in [0.1, 0.15) is 0 Å². The number of nitrogens with zero attached hydrogens (tertiary/aromatic N) is 1. The van der Waals surface area contributed by atoms with Crippen molar-refractivity contribution in [2.45, 2.75) is 38.8 Å². The first-order chi connectivity index (χ1) is 13.3. The number of carbonyl (C=O) groups is 1. The van der Waals surface area contributed by atoms with Crippen molar-refractivity contribution in [3.8, 4) is 15.8 Å². The molecule has 3 nitrogen and oxygen atoms in total. The number of phenolic OH excluding ortho intramolecular Hbond substituents is 1. The van der Waals surface area contributed by atoms with Crippen molar-refractivity contribution in [1.82, 2.24) is 0 Å². The molecule has 4 rings (SSSR count). The van der Waals surface area contributed by atoms with Gasteiger partial charge < -0.3 is 0 Å². The molecule has 0 unspecified atom stereocenters. The van der Waals surface area contributed by atoms with Gasteiger partial charge in [0.15, 0.2) is 0 Å². The van der Waals surface area contributed by atoms with Gasteiger partial charge >= 0.3 is 187 Å². The predicted octanol–water partition coefficient (Wildman–Crippen LogP) is 4.89. The monoisotopic (exact) mass is 567 g/mol. The molecule has 0 spiro atoms. The van der Waals surface area contributed by atoms with E-state index in [1.54, 1.807) is 12.1 Å². The molecule has 0 bridgehead atoms. The molecule has 0 fully saturated rings. The number of ketones is 1. The number of halogens is 1. The molecule has 144 valence electrons. The Bertz CT molecular complexity index is 1070. The van der Waals surface area contributed by atoms with E-state index in [1.807, 2.05) is 18.2 Å². The number of rotatable bonds is 3. The first kappa shape index (κ1) is 20.1. The van der Waals surface area contributed by atoms with Gasteiger partial charge in [0, 0.05) is 0 Å². The minimum absolute atomic E-state index is 0.0396. The van der Waals surface area contributed by atoms with Gasteiger partial charge in [-0.15, -0.1) is 0 Å². The fourth-order valence-corrected chi connectivity index (χ4v) is 14.3. The summed E-state index contributed by atoms with van der Waals surface area (Å²) in [4.78, 5) is 17.3. The number of aromatic hydroxyl groups is 1. The normalized spacial score (nSPS) is 17.5. The van der Waals surface area contributed by atoms with E-state index in [-0.39, 0.29) is 20.3 Å². The molecule has 2 heterocycles. The SMILES string of the molecule is CC(C)[Si]1(C(C)C)C2=CC(=O)C=CC2=Nc2ccc(O)c(-c3ccc(I)[se]3)c21. The van der Waals surface area contributed by atoms with Gasteiger partial charge in [0.05, 0.1) is 0 Å². The van der Waals surface area contributed by atoms with Crippen LogP contribution in [-0.4, -0.2) is 39.2 Å². The summed E-state index contributed by atoms with van der Waals surface area (Å²) in [6, 6.07) is 8.03. The molecule has 2 aliphatic rings. The molecule has 1 aliphatic heterocycles. The van der Waals surface area contributed by atoms with E-state index < -0.39 is 8.07 Å². The molecule has 2 aromatic rings. The summed E-state index contributed by atoms with van der Waals surface area (Å²) in [5.41, 5.74) is 3.59. The molecular formula is C22H22INO2SeSi. The summed E-state index contributed by atoms with van der Waals surface area (Å²) < 4.78 is 2.54. The van der Waals surface area contributed by atoms with Crippen molar-refractivity contribution in [2.75, 3.05) is 0 Å². The topological polar surface area (TPSA) is 49.7 Å². The van der Waals surface area contributed by atoms with E-state index in [2.05, 4.69) is 62.4 Å². The Hall–Kier alpha value is -1.21. The van der Waals surface area contributed by atoms with E-state index in [9.17, 15) is 9.90 Å². The second-order valence-electron chi connectivity index (χ2n) is 7.93. The quantitative estimate of drug-likeness (QED) is 0.327. The van der Waals surface area contributed by atoms with Crippen molar-refractivity contribution in [3.63, 3.8) is 0 Å². The summed E-state index contributed by atoms with van der Waals surface area (Å²) in [7, 11) is -2.39. The Balaban J connectivity index is 2.17. The second-order valence-corrected chi connectivity index (χ2v) is 18.1. The van der Waals surface area contributed by atoms with Crippen LogP contribution in [0.1, 0.15) is 27.7 Å². The van der Waals surface area contributed by atoms with Gasteiger partial charge in [-0.25, -0.2) is 0 Å². The number of carbonyl (C=O) groups excluding carboxylic acids is 1. The first-order valence-corrected chi connectivity index (χ1v) is 14.4. The maximum absolute atomic E-state index is 12.4. The summed E-state index contributed by atoms with van der Waals surface area (Å²) in [5, 5.41) is 13.3. The summed E-state index contributed by atoms with van der Waals surface area (Å²) in [6.45, 7) is 9.08. The van der Waals surface area contributed by atoms with Gasteiger partial charge in [-0.1, -0.05) is 0 Å². The Kier molecular flexibility index (Phi) is 5.19. The molecule has 1 aromatic heterocycles. The predicted molar refractivity (Wildman–Crippen MR) is 128 cm³/mol. The third-order valence-electron chi connectivity index (χ3n) is 5.87. The fourth-order valence-electron chi connectivity index (χ4n) is 4.87. The average molecular weight is 566 g/mol. The van der Waals surface area contributed by atoms with E-state index in [4.69, 9.17) is 4.99 Å². The molecule has 0 radical (unpaired) electrons. The minimum atomic E-state index is -2.39. The van der Waals surface area contributed by atoms with Crippen LogP contribution in [-0.2, 0) is 4.79 Å². The Labute approximate surface area is 186 Å². The van der Waals surface area contributed by atoms with Crippen LogP contribution in [0.3, 0.4) is 0 Å². The zero-order valence-corrected chi connectivity index (χ0v) is 21.2. The number of hydrogen-bond donors (Lipinski definition) is 1. The van der Waals surface area contributed by atoms with E-state index >= 15 is 0 Å². The molecular weight excluding hydrogens is 544 g/mol. The maximum atomic E-state index is 12.4. The van der Waals surface area contributed by atoms with Crippen LogP contribution in [0.25, 0.3) is 10.0 Å². The molecule has 0 atom stereocenters. The Morgan fingerprint density at radius 2 is 1.79 bits per heavy atom. The van der Waals surface area contributed by atoms with Crippen molar-refractivity contribution in [3.05, 3.63) is 50.1 Å². The molecule has 1 aromatic carbocycles. The number of allylic oxidation sites excluding steroid dienone is 4. The zero-order valence-electron chi connectivity index (χ0n) is 16.3. The van der Waals surface area contributed by atoms with Gasteiger partial charge in [-0.3, -0.25) is 0 Å². The number of benzene rings is 1. The standard InChI is InChI=1S/C22H22INO2SeSi/c1-12(2)28(13(3)4)19-11-14(25)5-6-15(19)24-16-7-8-17(26)21(22(16)28)18-9-10-20(23)27-18/h5-13,26H,1-4H3. The molecule has 1 aliphatic carbocycles. The summed E-state index contributed by atoms with van der Waals surface area (Å²) in [6.07, 6.45) is 5.31. The Morgan fingerprint density at radius 3 is 2.39 bits per heavy atom. The molecule has 6 heteroatoms. The molecule has 1 N–H and O–H groups in total. The van der Waals surface area contributed by atoms with Crippen LogP contribution >= 0.6 is 22.6 Å². The fraction of sp³-hybridized carbons (Fsp3) is 0.273. The van der Waals surface area contributed by atoms with E-state index in [1.165, 1.54) is 12.1 Å². The average Bonchev–Trinajstić information content (AvgIpc) is 3.05. The number of phenols is 1. The summed E-state index contributed by atoms with van der Waals surface area (Å²) >= 11 is 2.58. The summed E-state index contributed by atoms with van der Waals surface area (Å²) in [5.74, 6) is 0.374. The molecule has 0 amide bonds. The third-order valence-corrected chi connectivity index (χ3v) is 15.5. The van der Waals surface area contributed by atoms with Crippen molar-refractivity contribution >= 4 is 67.5 Å². The molecule has 0 saturated carbocycles. The number of fused-ring (bicyclic) bond motifs is 2. The van der Waals surface area contributed by atoms with Crippen LogP contribution in [0.4, 0.5) is 5.69 Å². The first-order valence-electron chi connectivity index (χ1n) is 9.42. The van der Waals surface area contributed by atoms with Crippen LogP contribution in [0.2, 0.25) is 11.1 Å². The molecule has 28 heavy (non-hydrogen) atoms. The second kappa shape index (κ2) is 7.24. The van der Waals surface area contributed by atoms with Crippen LogP contribution in [0.5, 0.6) is 5.75 Å². The van der Waals surface area contributed by atoms with Crippen molar-refractivity contribution in [1.29, 1.82) is 0 Å². The number of aliphatic imine (C=N–C) groups is 1. The van der Waals surface area contributed by atoms with Gasteiger partial charge in [-0.2, -0.15) is 0 Å². The molecule has 0 saturated heterocycles. The van der Waals surface area contributed by atoms with Gasteiger partial charge in [-0.05, 0) is 0 Å². The van der Waals surface area contributed by atoms with E-state index in [0.29, 0.717) is 16.8 Å². The Morgan fingerprint density at radius 1 is 1.07 bits per heavy atom. The van der Waals surface area contributed by atoms with Crippen LogP contribution < -0.4 is 5.19 Å². The number of hydrogen-bond acceptors (Lipinski definition) is 3. The third kappa shape index (κ3) is 2.88. The van der Waals surface area contributed by atoms with Crippen molar-refractivity contribution in [2.24, 2.45) is 4.99 Å². The van der Waals surface area contributed by atoms with Gasteiger partial charge in [0.25, 0.3) is 0 Å². The van der Waals surface area contributed by atoms with Crippen molar-refractivity contribution < 1.29 is 9.90 Å².